The zero-order chi connectivity index (χ0) is 12.4. The van der Waals surface area contributed by atoms with Crippen LogP contribution in [0.3, 0.4) is 0 Å². The Kier molecular flexibility index (Phi) is 2.95. The van der Waals surface area contributed by atoms with Gasteiger partial charge in [0.1, 0.15) is 0 Å². The Balaban J connectivity index is 2.09. The van der Waals surface area contributed by atoms with Crippen molar-refractivity contribution in [1.82, 2.24) is 0 Å². The van der Waals surface area contributed by atoms with Gasteiger partial charge >= 0.3 is 11.9 Å². The van der Waals surface area contributed by atoms with Crippen LogP contribution in [-0.2, 0) is 14.3 Å². The summed E-state index contributed by atoms with van der Waals surface area (Å²) in [7, 11) is 0. The molecule has 1 heterocycles. The third-order valence-corrected chi connectivity index (χ3v) is 2.52. The molecule has 0 spiro atoms. The minimum absolute atomic E-state index is 0.451. The first-order valence-electron chi connectivity index (χ1n) is 5.24. The molecule has 0 saturated carbocycles. The second-order valence-corrected chi connectivity index (χ2v) is 3.84. The summed E-state index contributed by atoms with van der Waals surface area (Å²) in [5.41, 5.74) is 1.75. The minimum Gasteiger partial charge on any atom is -0.418 e. The van der Waals surface area contributed by atoms with Crippen LogP contribution in [0.4, 0.5) is 0 Å². The van der Waals surface area contributed by atoms with Crippen LogP contribution in [0.2, 0.25) is 0 Å². The van der Waals surface area contributed by atoms with E-state index in [1.807, 2.05) is 19.1 Å². The van der Waals surface area contributed by atoms with E-state index >= 15 is 0 Å². The Morgan fingerprint density at radius 2 is 2.00 bits per heavy atom. The topological polar surface area (TPSA) is 52.6 Å². The van der Waals surface area contributed by atoms with Gasteiger partial charge in [0.15, 0.2) is 0 Å². The molecule has 2 rings (SSSR count). The Bertz CT molecular complexity index is 502. The van der Waals surface area contributed by atoms with Crippen molar-refractivity contribution in [2.45, 2.75) is 20.1 Å². The number of esters is 2. The lowest BCUT2D eigenvalue weighted by atomic mass is 10.1. The van der Waals surface area contributed by atoms with Crippen LogP contribution < -0.4 is 0 Å². The molecule has 4 nitrogen and oxygen atoms in total. The number of carbonyl (C=O) groups excluding carboxylic acids is 2. The van der Waals surface area contributed by atoms with Crippen molar-refractivity contribution < 1.29 is 19.1 Å². The molecule has 1 aliphatic heterocycles. The molecule has 0 N–H and O–H groups in total. The molecule has 0 amide bonds. The van der Waals surface area contributed by atoms with Crippen molar-refractivity contribution in [2.75, 3.05) is 0 Å². The maximum Gasteiger partial charge on any atom is 0.341 e. The summed E-state index contributed by atoms with van der Waals surface area (Å²) in [4.78, 5) is 22.9. The van der Waals surface area contributed by atoms with Crippen molar-refractivity contribution in [3.05, 3.63) is 47.0 Å². The minimum atomic E-state index is -0.908. The fourth-order valence-corrected chi connectivity index (χ4v) is 1.53. The Hall–Kier alpha value is -2.10. The van der Waals surface area contributed by atoms with Crippen molar-refractivity contribution in [2.24, 2.45) is 0 Å². The Labute approximate surface area is 98.8 Å². The molecule has 1 aromatic rings. The molecular weight excluding hydrogens is 220 g/mol. The average Bonchev–Trinajstić information content (AvgIpc) is 2.58. The van der Waals surface area contributed by atoms with Gasteiger partial charge in [0, 0.05) is 11.6 Å². The third-order valence-electron chi connectivity index (χ3n) is 2.52. The van der Waals surface area contributed by atoms with E-state index in [1.165, 1.54) is 6.08 Å². The number of carbonyl (C=O) groups is 2. The standard InChI is InChI=1S/C13H12O4/c1-8-5-3-4-6-10(8)13(15)17-11-7-9(2)12(14)16-11/h3-7,11H,1-2H3. The average molecular weight is 232 g/mol. The van der Waals surface area contributed by atoms with E-state index in [-0.39, 0.29) is 0 Å². The van der Waals surface area contributed by atoms with E-state index in [1.54, 1.807) is 19.1 Å². The Morgan fingerprint density at radius 1 is 1.29 bits per heavy atom. The van der Waals surface area contributed by atoms with Gasteiger partial charge in [-0.05, 0) is 25.5 Å². The molecule has 0 aliphatic carbocycles. The zero-order valence-electron chi connectivity index (χ0n) is 9.60. The summed E-state index contributed by atoms with van der Waals surface area (Å²) in [5, 5.41) is 0. The van der Waals surface area contributed by atoms with Crippen LogP contribution in [0.25, 0.3) is 0 Å². The molecule has 0 radical (unpaired) electrons. The molecular formula is C13H12O4. The van der Waals surface area contributed by atoms with E-state index in [2.05, 4.69) is 0 Å². The van der Waals surface area contributed by atoms with Crippen LogP contribution in [0.15, 0.2) is 35.9 Å². The first-order valence-corrected chi connectivity index (χ1v) is 5.24. The van der Waals surface area contributed by atoms with Crippen LogP contribution in [0, 0.1) is 6.92 Å². The van der Waals surface area contributed by atoms with Crippen LogP contribution in [-0.4, -0.2) is 18.2 Å². The molecule has 88 valence electrons. The lowest BCUT2D eigenvalue weighted by molar-refractivity contribution is -0.151. The van der Waals surface area contributed by atoms with Gasteiger partial charge in [-0.25, -0.2) is 9.59 Å². The van der Waals surface area contributed by atoms with Crippen LogP contribution in [0.1, 0.15) is 22.8 Å². The summed E-state index contributed by atoms with van der Waals surface area (Å²) >= 11 is 0. The number of rotatable bonds is 2. The normalized spacial score (nSPS) is 18.6. The summed E-state index contributed by atoms with van der Waals surface area (Å²) in [6.45, 7) is 3.43. The largest absolute Gasteiger partial charge is 0.418 e. The second kappa shape index (κ2) is 4.41. The smallest absolute Gasteiger partial charge is 0.341 e. The van der Waals surface area contributed by atoms with Gasteiger partial charge in [-0.1, -0.05) is 18.2 Å². The van der Waals surface area contributed by atoms with E-state index < -0.39 is 18.2 Å². The predicted molar refractivity (Wildman–Crippen MR) is 60.2 cm³/mol. The van der Waals surface area contributed by atoms with Gasteiger partial charge in [0.05, 0.1) is 5.56 Å². The molecule has 0 saturated heterocycles. The van der Waals surface area contributed by atoms with E-state index in [0.717, 1.165) is 5.56 Å². The highest BCUT2D eigenvalue weighted by Gasteiger charge is 2.26. The molecule has 1 aromatic carbocycles. The van der Waals surface area contributed by atoms with Crippen molar-refractivity contribution in [1.29, 1.82) is 0 Å². The van der Waals surface area contributed by atoms with Gasteiger partial charge in [0.2, 0.25) is 0 Å². The van der Waals surface area contributed by atoms with E-state index in [4.69, 9.17) is 9.47 Å². The van der Waals surface area contributed by atoms with Gasteiger partial charge in [-0.15, -0.1) is 0 Å². The fourth-order valence-electron chi connectivity index (χ4n) is 1.53. The second-order valence-electron chi connectivity index (χ2n) is 3.84. The highest BCUT2D eigenvalue weighted by molar-refractivity contribution is 5.93. The maximum absolute atomic E-state index is 11.8. The predicted octanol–water partition coefficient (Wildman–Crippen LogP) is 1.98. The van der Waals surface area contributed by atoms with Gasteiger partial charge in [0.25, 0.3) is 6.29 Å². The highest BCUT2D eigenvalue weighted by Crippen LogP contribution is 2.17. The molecule has 4 heteroatoms. The van der Waals surface area contributed by atoms with Crippen molar-refractivity contribution in [3.8, 4) is 0 Å². The quantitative estimate of drug-likeness (QED) is 0.731. The SMILES string of the molecule is CC1=CC(OC(=O)c2ccccc2C)OC1=O. The van der Waals surface area contributed by atoms with E-state index in [0.29, 0.717) is 11.1 Å². The first-order chi connectivity index (χ1) is 8.08. The molecule has 1 unspecified atom stereocenters. The molecule has 1 aliphatic rings. The summed E-state index contributed by atoms with van der Waals surface area (Å²) in [6, 6.07) is 7.08. The van der Waals surface area contributed by atoms with Gasteiger partial charge in [-0.2, -0.15) is 0 Å². The summed E-state index contributed by atoms with van der Waals surface area (Å²) in [5.74, 6) is -0.945. The maximum atomic E-state index is 11.8. The summed E-state index contributed by atoms with van der Waals surface area (Å²) in [6.07, 6.45) is 0.577. The van der Waals surface area contributed by atoms with E-state index in [9.17, 15) is 9.59 Å². The molecule has 17 heavy (non-hydrogen) atoms. The molecule has 0 aromatic heterocycles. The third kappa shape index (κ3) is 2.36. The number of ether oxygens (including phenoxy) is 2. The zero-order valence-corrected chi connectivity index (χ0v) is 9.60. The first kappa shape index (κ1) is 11.4. The fraction of sp³-hybridized carbons (Fsp3) is 0.231. The number of aryl methyl sites for hydroxylation is 1. The van der Waals surface area contributed by atoms with Crippen molar-refractivity contribution >= 4 is 11.9 Å². The number of cyclic esters (lactones) is 1. The van der Waals surface area contributed by atoms with Crippen molar-refractivity contribution in [3.63, 3.8) is 0 Å². The van der Waals surface area contributed by atoms with Crippen LogP contribution >= 0.6 is 0 Å². The summed E-state index contributed by atoms with van der Waals surface area (Å²) < 4.78 is 9.89. The molecule has 1 atom stereocenters. The molecule has 0 bridgehead atoms. The van der Waals surface area contributed by atoms with Crippen LogP contribution in [0.5, 0.6) is 0 Å². The monoisotopic (exact) mass is 232 g/mol. The molecule has 0 fully saturated rings. The van der Waals surface area contributed by atoms with Gasteiger partial charge in [-0.3, -0.25) is 0 Å². The number of benzene rings is 1. The number of hydrogen-bond donors (Lipinski definition) is 0. The Morgan fingerprint density at radius 3 is 2.59 bits per heavy atom. The highest BCUT2D eigenvalue weighted by atomic mass is 16.7. The lowest BCUT2D eigenvalue weighted by Crippen LogP contribution is -2.18. The number of hydrogen-bond acceptors (Lipinski definition) is 4. The van der Waals surface area contributed by atoms with Gasteiger partial charge < -0.3 is 9.47 Å². The lowest BCUT2D eigenvalue weighted by Gasteiger charge is -2.10.